The standard InChI is InChI=1S/C35H58N2O5/c1-20(2)29(42-30(36)38)22-16-21(3)28-23(40-22)17-33(7)25-9-8-24-31(4,5)26(41-27-18-37-14-15-39-27)10-11-34(24)19-35(25,34)13-12-32(28,33)6/h20-29,37H,8-19H2,1-7H3,(H2,36,38)/t21-,22?,23?,24?,25?,26?,27?,28?,29?,32?,33+,34?,35?/m1/s1. The Morgan fingerprint density at radius 1 is 1.00 bits per heavy atom. The van der Waals surface area contributed by atoms with Crippen molar-refractivity contribution in [3.8, 4) is 0 Å². The Morgan fingerprint density at radius 2 is 1.74 bits per heavy atom. The summed E-state index contributed by atoms with van der Waals surface area (Å²) in [5, 5.41) is 3.45. The lowest BCUT2D eigenvalue weighted by Crippen LogP contribution is -2.58. The van der Waals surface area contributed by atoms with Crippen LogP contribution in [0, 0.1) is 56.7 Å². The summed E-state index contributed by atoms with van der Waals surface area (Å²) in [5.74, 6) is 2.77. The third kappa shape index (κ3) is 3.94. The van der Waals surface area contributed by atoms with Crippen LogP contribution < -0.4 is 11.1 Å². The maximum atomic E-state index is 11.8. The molecule has 7 heteroatoms. The molecule has 0 aromatic rings. The summed E-state index contributed by atoms with van der Waals surface area (Å²) in [6, 6.07) is 0. The fourth-order valence-electron chi connectivity index (χ4n) is 13.4. The Balaban J connectivity index is 1.13. The Labute approximate surface area is 254 Å². The second-order valence-electron chi connectivity index (χ2n) is 17.3. The molecule has 2 aliphatic heterocycles. The highest BCUT2D eigenvalue weighted by atomic mass is 16.7. The van der Waals surface area contributed by atoms with E-state index in [1.165, 1.54) is 38.5 Å². The predicted molar refractivity (Wildman–Crippen MR) is 161 cm³/mol. The molecule has 7 fully saturated rings. The molecule has 42 heavy (non-hydrogen) atoms. The molecule has 5 saturated carbocycles. The fraction of sp³-hybridized carbons (Fsp3) is 0.971. The van der Waals surface area contributed by atoms with E-state index in [1.54, 1.807) is 0 Å². The molecule has 0 aromatic carbocycles. The second-order valence-corrected chi connectivity index (χ2v) is 17.3. The van der Waals surface area contributed by atoms with Crippen LogP contribution in [0.2, 0.25) is 0 Å². The maximum absolute atomic E-state index is 11.8. The molecular formula is C35H58N2O5. The van der Waals surface area contributed by atoms with E-state index < -0.39 is 6.09 Å². The van der Waals surface area contributed by atoms with Crippen molar-refractivity contribution in [2.45, 2.75) is 137 Å². The van der Waals surface area contributed by atoms with E-state index in [-0.39, 0.29) is 52.9 Å². The van der Waals surface area contributed by atoms with Crippen molar-refractivity contribution in [2.24, 2.45) is 62.4 Å². The minimum atomic E-state index is -0.685. The summed E-state index contributed by atoms with van der Waals surface area (Å²) < 4.78 is 25.4. The normalized spacial score (nSPS) is 53.1. The van der Waals surface area contributed by atoms with Gasteiger partial charge in [0, 0.05) is 13.1 Å². The highest BCUT2D eigenvalue weighted by molar-refractivity contribution is 5.64. The van der Waals surface area contributed by atoms with Gasteiger partial charge >= 0.3 is 6.09 Å². The van der Waals surface area contributed by atoms with Crippen LogP contribution >= 0.6 is 0 Å². The van der Waals surface area contributed by atoms with Crippen molar-refractivity contribution in [1.29, 1.82) is 0 Å². The first-order valence-corrected chi connectivity index (χ1v) is 17.4. The minimum Gasteiger partial charge on any atom is -0.443 e. The molecule has 2 heterocycles. The van der Waals surface area contributed by atoms with Crippen LogP contribution in [0.5, 0.6) is 0 Å². The van der Waals surface area contributed by atoms with Gasteiger partial charge in [-0.15, -0.1) is 0 Å². The SMILES string of the molecule is CC(C)C(OC(N)=O)C1C[C@@H](C)C2C(C[C@@]3(C)C4CCC5C(C)(C)C(OC6CNCCO6)CCC56CC46CCC23C)O1. The van der Waals surface area contributed by atoms with Gasteiger partial charge in [0.1, 0.15) is 6.10 Å². The van der Waals surface area contributed by atoms with Gasteiger partial charge in [0.25, 0.3) is 0 Å². The summed E-state index contributed by atoms with van der Waals surface area (Å²) in [4.78, 5) is 11.8. The van der Waals surface area contributed by atoms with Crippen LogP contribution in [-0.2, 0) is 18.9 Å². The lowest BCUT2D eigenvalue weighted by Gasteiger charge is -2.63. The van der Waals surface area contributed by atoms with Gasteiger partial charge in [0.2, 0.25) is 0 Å². The van der Waals surface area contributed by atoms with Crippen molar-refractivity contribution in [3.63, 3.8) is 0 Å². The zero-order valence-corrected chi connectivity index (χ0v) is 27.4. The molecule has 0 bridgehead atoms. The molecule has 7 aliphatic rings. The van der Waals surface area contributed by atoms with E-state index in [1.807, 2.05) is 0 Å². The third-order valence-corrected chi connectivity index (χ3v) is 15.1. The zero-order chi connectivity index (χ0) is 29.9. The van der Waals surface area contributed by atoms with Gasteiger partial charge in [-0.25, -0.2) is 4.79 Å². The number of hydrogen-bond donors (Lipinski definition) is 2. The molecular weight excluding hydrogens is 528 g/mol. The smallest absolute Gasteiger partial charge is 0.404 e. The number of ether oxygens (including phenoxy) is 4. The molecule has 2 saturated heterocycles. The number of nitrogens with two attached hydrogens (primary N) is 1. The number of primary amides is 1. The van der Waals surface area contributed by atoms with E-state index in [9.17, 15) is 4.79 Å². The van der Waals surface area contributed by atoms with Crippen molar-refractivity contribution >= 4 is 6.09 Å². The summed E-state index contributed by atoms with van der Waals surface area (Å²) in [6.45, 7) is 19.5. The summed E-state index contributed by atoms with van der Waals surface area (Å²) in [6.07, 6.45) is 10.7. The second kappa shape index (κ2) is 9.80. The summed E-state index contributed by atoms with van der Waals surface area (Å²) in [7, 11) is 0. The van der Waals surface area contributed by atoms with Crippen LogP contribution in [0.3, 0.4) is 0 Å². The number of fused-ring (bicyclic) bond motifs is 4. The first kappa shape index (κ1) is 29.8. The highest BCUT2D eigenvalue weighted by Gasteiger charge is 2.83. The Bertz CT molecular complexity index is 1080. The minimum absolute atomic E-state index is 0.0718. The quantitative estimate of drug-likeness (QED) is 0.394. The number of hydrogen-bond acceptors (Lipinski definition) is 6. The topological polar surface area (TPSA) is 92.0 Å². The number of morpholine rings is 1. The molecule has 238 valence electrons. The van der Waals surface area contributed by atoms with Crippen molar-refractivity contribution in [2.75, 3.05) is 19.7 Å². The van der Waals surface area contributed by atoms with Gasteiger partial charge in [-0.05, 0) is 114 Å². The van der Waals surface area contributed by atoms with Gasteiger partial charge in [-0.2, -0.15) is 0 Å². The monoisotopic (exact) mass is 586 g/mol. The number of carbonyl (C=O) groups is 1. The van der Waals surface area contributed by atoms with Crippen LogP contribution in [0.1, 0.15) is 106 Å². The lowest BCUT2D eigenvalue weighted by atomic mass is 9.41. The molecule has 7 nitrogen and oxygen atoms in total. The van der Waals surface area contributed by atoms with Gasteiger partial charge in [0.05, 0.1) is 24.9 Å². The molecule has 11 unspecified atom stereocenters. The van der Waals surface area contributed by atoms with Crippen LogP contribution in [0.15, 0.2) is 0 Å². The van der Waals surface area contributed by atoms with E-state index in [2.05, 4.69) is 53.8 Å². The van der Waals surface area contributed by atoms with Crippen LogP contribution in [0.4, 0.5) is 4.79 Å². The van der Waals surface area contributed by atoms with E-state index in [4.69, 9.17) is 24.7 Å². The number of rotatable bonds is 5. The maximum Gasteiger partial charge on any atom is 0.404 e. The Hall–Kier alpha value is -0.890. The molecule has 13 atom stereocenters. The number of carbonyl (C=O) groups excluding carboxylic acids is 1. The Kier molecular flexibility index (Phi) is 6.96. The molecule has 5 aliphatic carbocycles. The number of nitrogens with one attached hydrogen (secondary N) is 1. The van der Waals surface area contributed by atoms with Gasteiger partial charge in [-0.1, -0.05) is 48.5 Å². The molecule has 0 radical (unpaired) electrons. The Morgan fingerprint density at radius 3 is 2.43 bits per heavy atom. The van der Waals surface area contributed by atoms with Gasteiger partial charge in [0.15, 0.2) is 6.29 Å². The first-order valence-electron chi connectivity index (χ1n) is 17.4. The fourth-order valence-corrected chi connectivity index (χ4v) is 13.4. The molecule has 0 aromatic heterocycles. The van der Waals surface area contributed by atoms with Crippen LogP contribution in [0.25, 0.3) is 0 Å². The van der Waals surface area contributed by atoms with Crippen molar-refractivity contribution in [3.05, 3.63) is 0 Å². The third-order valence-electron chi connectivity index (χ3n) is 15.1. The largest absolute Gasteiger partial charge is 0.443 e. The molecule has 2 spiro atoms. The van der Waals surface area contributed by atoms with E-state index in [0.29, 0.717) is 22.7 Å². The average Bonchev–Trinajstić information content (AvgIpc) is 3.52. The zero-order valence-electron chi connectivity index (χ0n) is 27.4. The molecule has 3 N–H and O–H groups in total. The van der Waals surface area contributed by atoms with E-state index in [0.717, 1.165) is 50.8 Å². The predicted octanol–water partition coefficient (Wildman–Crippen LogP) is 6.28. The molecule has 7 rings (SSSR count). The first-order chi connectivity index (χ1) is 19.8. The molecule has 1 amide bonds. The van der Waals surface area contributed by atoms with E-state index >= 15 is 0 Å². The van der Waals surface area contributed by atoms with Crippen molar-refractivity contribution < 1.29 is 23.7 Å². The number of amides is 1. The van der Waals surface area contributed by atoms with Crippen molar-refractivity contribution in [1.82, 2.24) is 5.32 Å². The lowest BCUT2D eigenvalue weighted by molar-refractivity contribution is -0.235. The average molecular weight is 587 g/mol. The van der Waals surface area contributed by atoms with Gasteiger partial charge in [-0.3, -0.25) is 0 Å². The summed E-state index contributed by atoms with van der Waals surface area (Å²) in [5.41, 5.74) is 7.19. The van der Waals surface area contributed by atoms with Gasteiger partial charge < -0.3 is 30.0 Å². The van der Waals surface area contributed by atoms with Crippen LogP contribution in [-0.4, -0.2) is 56.5 Å². The highest BCUT2D eigenvalue weighted by Crippen LogP contribution is 2.89. The summed E-state index contributed by atoms with van der Waals surface area (Å²) >= 11 is 0.